The van der Waals surface area contributed by atoms with E-state index in [9.17, 15) is 0 Å². The van der Waals surface area contributed by atoms with Crippen molar-refractivity contribution in [1.82, 2.24) is 0 Å². The highest BCUT2D eigenvalue weighted by molar-refractivity contribution is 6.83. The predicted molar refractivity (Wildman–Crippen MR) is 129 cm³/mol. The number of hydrogen-bond donors (Lipinski definition) is 2. The van der Waals surface area contributed by atoms with E-state index in [0.29, 0.717) is 5.56 Å². The van der Waals surface area contributed by atoms with Gasteiger partial charge in [-0.15, -0.1) is 0 Å². The van der Waals surface area contributed by atoms with Crippen LogP contribution in [0.1, 0.15) is 31.9 Å². The molecule has 0 atom stereocenters. The summed E-state index contributed by atoms with van der Waals surface area (Å²) in [7, 11) is 0. The first-order valence-electron chi connectivity index (χ1n) is 8.05. The van der Waals surface area contributed by atoms with E-state index in [0.717, 1.165) is 5.56 Å². The lowest BCUT2D eigenvalue weighted by molar-refractivity contribution is 0.148. The molecule has 0 unspecified atom stereocenters. The van der Waals surface area contributed by atoms with Crippen molar-refractivity contribution in [3.8, 4) is 0 Å². The van der Waals surface area contributed by atoms with Gasteiger partial charge in [0.05, 0.1) is 23.7 Å². The molecule has 0 aromatic heterocycles. The molecular formula is C19H22Cl6N2O3. The molecule has 0 heterocycles. The Morgan fingerprint density at radius 1 is 0.867 bits per heavy atom. The quantitative estimate of drug-likeness (QED) is 0.176. The minimum atomic E-state index is -1.61. The van der Waals surface area contributed by atoms with Gasteiger partial charge in [0.1, 0.15) is 0 Å². The highest BCUT2D eigenvalue weighted by Crippen LogP contribution is 2.29. The zero-order chi connectivity index (χ0) is 23.6. The highest BCUT2D eigenvalue weighted by atomic mass is 35.6. The maximum absolute atomic E-state index is 8.24. The van der Waals surface area contributed by atoms with Crippen LogP contribution in [-0.4, -0.2) is 30.7 Å². The summed E-state index contributed by atoms with van der Waals surface area (Å²) in [6, 6.07) is 18.4. The van der Waals surface area contributed by atoms with Crippen LogP contribution in [0.2, 0.25) is 0 Å². The lowest BCUT2D eigenvalue weighted by atomic mass is 10.2. The molecule has 0 amide bonds. The Kier molecular flexibility index (Phi) is 18.5. The van der Waals surface area contributed by atoms with Crippen LogP contribution < -0.4 is 0 Å². The molecular weight excluding hydrogens is 517 g/mol. The van der Waals surface area contributed by atoms with E-state index in [2.05, 4.69) is 14.6 Å². The fourth-order valence-corrected chi connectivity index (χ4v) is 1.37. The molecule has 0 radical (unpaired) electrons. The van der Waals surface area contributed by atoms with Crippen molar-refractivity contribution in [1.29, 1.82) is 0 Å². The summed E-state index contributed by atoms with van der Waals surface area (Å²) in [6.45, 7) is 5.67. The normalized spacial score (nSPS) is 11.3. The summed E-state index contributed by atoms with van der Waals surface area (Å²) in [5.74, 6) is 0. The summed E-state index contributed by atoms with van der Waals surface area (Å²) in [6.07, 6.45) is 1.39. The van der Waals surface area contributed by atoms with Gasteiger partial charge < -0.3 is 10.4 Å². The van der Waals surface area contributed by atoms with E-state index in [-0.39, 0.29) is 10.8 Å². The van der Waals surface area contributed by atoms with Crippen LogP contribution in [0.5, 0.6) is 0 Å². The molecule has 0 saturated carbocycles. The van der Waals surface area contributed by atoms with Gasteiger partial charge >= 0.3 is 0 Å². The van der Waals surface area contributed by atoms with Gasteiger partial charge in [0.25, 0.3) is 3.25 Å². The van der Waals surface area contributed by atoms with Gasteiger partial charge in [-0.3, -0.25) is 4.29 Å². The number of oxime groups is 2. The summed E-state index contributed by atoms with van der Waals surface area (Å²) in [5, 5.41) is 22.2. The minimum Gasteiger partial charge on any atom is -0.411 e. The smallest absolute Gasteiger partial charge is 0.266 e. The number of hydrogen-bond acceptors (Lipinski definition) is 5. The topological polar surface area (TPSA) is 74.4 Å². The van der Waals surface area contributed by atoms with Gasteiger partial charge in [-0.05, 0) is 26.3 Å². The molecule has 0 fully saturated rings. The van der Waals surface area contributed by atoms with Crippen molar-refractivity contribution >= 4 is 81.3 Å². The molecule has 0 aliphatic rings. The zero-order valence-corrected chi connectivity index (χ0v) is 20.9. The number of halogens is 6. The van der Waals surface area contributed by atoms with Gasteiger partial charge in [-0.1, -0.05) is 129 Å². The van der Waals surface area contributed by atoms with Crippen molar-refractivity contribution in [2.75, 3.05) is 0 Å². The molecule has 0 spiro atoms. The maximum Gasteiger partial charge on any atom is 0.266 e. The van der Waals surface area contributed by atoms with E-state index in [4.69, 9.17) is 80.3 Å². The third-order valence-corrected chi connectivity index (χ3v) is 3.09. The second kappa shape index (κ2) is 17.7. The highest BCUT2D eigenvalue weighted by Gasteiger charge is 2.11. The lowest BCUT2D eigenvalue weighted by Crippen LogP contribution is -2.12. The third kappa shape index (κ3) is 25.1. The molecule has 0 aliphatic heterocycles. The molecule has 0 saturated heterocycles. The van der Waals surface area contributed by atoms with Gasteiger partial charge in [0, 0.05) is 5.56 Å². The Hall–Kier alpha value is -0.920. The van der Waals surface area contributed by atoms with Crippen LogP contribution in [0.25, 0.3) is 0 Å². The van der Waals surface area contributed by atoms with E-state index in [1.165, 1.54) is 6.21 Å². The Labute approximate surface area is 206 Å². The van der Waals surface area contributed by atoms with Crippen molar-refractivity contribution in [2.24, 2.45) is 10.3 Å². The summed E-state index contributed by atoms with van der Waals surface area (Å²) >= 11 is 29.8. The molecule has 2 aromatic rings. The van der Waals surface area contributed by atoms with Crippen LogP contribution in [0.3, 0.4) is 0 Å². The fraction of sp³-hybridized carbons (Fsp3) is 0.263. The molecule has 2 aromatic carbocycles. The van der Waals surface area contributed by atoms with Crippen LogP contribution in [0.15, 0.2) is 71.0 Å². The molecule has 2 rings (SSSR count). The molecule has 30 heavy (non-hydrogen) atoms. The van der Waals surface area contributed by atoms with E-state index >= 15 is 0 Å². The van der Waals surface area contributed by atoms with E-state index in [1.807, 2.05) is 69.3 Å². The summed E-state index contributed by atoms with van der Waals surface area (Å²) in [4.78, 5) is 0. The van der Waals surface area contributed by atoms with Crippen LogP contribution in [-0.2, 0) is 4.29 Å². The molecule has 0 aliphatic carbocycles. The van der Waals surface area contributed by atoms with Gasteiger partial charge in [-0.2, -0.15) is 0 Å². The van der Waals surface area contributed by atoms with E-state index < -0.39 is 3.25 Å². The van der Waals surface area contributed by atoms with Crippen molar-refractivity contribution < 1.29 is 14.7 Å². The first kappa shape index (κ1) is 31.3. The Bertz CT molecular complexity index is 713. The molecule has 168 valence electrons. The first-order valence-corrected chi connectivity index (χ1v) is 10.2. The van der Waals surface area contributed by atoms with Crippen molar-refractivity contribution in [3.63, 3.8) is 0 Å². The largest absolute Gasteiger partial charge is 0.411 e. The summed E-state index contributed by atoms with van der Waals surface area (Å²) < 4.78 is 2.80. The number of alkyl halides is 4. The Morgan fingerprint density at radius 3 is 1.53 bits per heavy atom. The average molecular weight is 539 g/mol. The fourth-order valence-electron chi connectivity index (χ4n) is 1.24. The monoisotopic (exact) mass is 536 g/mol. The van der Waals surface area contributed by atoms with Gasteiger partial charge in [0.15, 0.2) is 5.17 Å². The van der Waals surface area contributed by atoms with Gasteiger partial charge in [-0.25, -0.2) is 0 Å². The van der Waals surface area contributed by atoms with E-state index in [1.54, 1.807) is 12.1 Å². The molecule has 2 N–H and O–H groups in total. The summed E-state index contributed by atoms with van der Waals surface area (Å²) in [5.41, 5.74) is 1.42. The number of benzene rings is 2. The Morgan fingerprint density at radius 2 is 1.23 bits per heavy atom. The first-order chi connectivity index (χ1) is 13.8. The average Bonchev–Trinajstić information content (AvgIpc) is 2.68. The molecule has 11 heteroatoms. The molecule has 5 nitrogen and oxygen atoms in total. The zero-order valence-electron chi connectivity index (χ0n) is 16.3. The second-order valence-electron chi connectivity index (χ2n) is 6.03. The predicted octanol–water partition coefficient (Wildman–Crippen LogP) is 8.06. The standard InChI is InChI=1S/C7H6ClNO.C7H7NO.C4H9ClO.CCl4/c8-7(9-10)6-4-2-1-3-5-6;9-8-6-7-4-2-1-3-5-7;1-4(2,3)6-5;2-1(3,4)5/h1-5,10H;1-6,9H;1-3H3;/b9-7+;8-6-;;. The maximum atomic E-state index is 8.24. The van der Waals surface area contributed by atoms with Crippen LogP contribution in [0.4, 0.5) is 0 Å². The molecule has 0 bridgehead atoms. The Balaban J connectivity index is 0. The van der Waals surface area contributed by atoms with Gasteiger partial charge in [0.2, 0.25) is 0 Å². The third-order valence-electron chi connectivity index (χ3n) is 2.34. The minimum absolute atomic E-state index is 0.112. The second-order valence-corrected chi connectivity index (χ2v) is 9.97. The van der Waals surface area contributed by atoms with Crippen LogP contribution in [0, 0.1) is 0 Å². The number of nitrogens with zero attached hydrogens (tertiary/aromatic N) is 2. The SMILES string of the molecule is CC(C)(C)OCl.ClC(Cl)(Cl)Cl.O/N=C(/Cl)c1ccccc1.O/N=C\c1ccccc1. The number of rotatable bonds is 2. The van der Waals surface area contributed by atoms with Crippen molar-refractivity contribution in [3.05, 3.63) is 71.8 Å². The lowest BCUT2D eigenvalue weighted by Gasteiger charge is -2.10. The van der Waals surface area contributed by atoms with Crippen LogP contribution >= 0.6 is 69.9 Å². The van der Waals surface area contributed by atoms with Crippen molar-refractivity contribution in [2.45, 2.75) is 29.6 Å².